The minimum atomic E-state index is 0.143. The number of nitrogens with two attached hydrogens (primary N) is 1. The maximum Gasteiger partial charge on any atom is 0.206 e. The Morgan fingerprint density at radius 3 is 2.88 bits per heavy atom. The predicted molar refractivity (Wildman–Crippen MR) is 75.4 cm³/mol. The molecule has 0 amide bonds. The lowest BCUT2D eigenvalue weighted by molar-refractivity contribution is 0.694. The summed E-state index contributed by atoms with van der Waals surface area (Å²) in [4.78, 5) is 5.51. The lowest BCUT2D eigenvalue weighted by Gasteiger charge is -2.15. The molecule has 6 heteroatoms. The highest BCUT2D eigenvalue weighted by atomic mass is 35.5. The Morgan fingerprint density at radius 1 is 1.59 bits per heavy atom. The van der Waals surface area contributed by atoms with Crippen molar-refractivity contribution >= 4 is 28.9 Å². The number of hydrazine groups is 1. The average molecular weight is 275 g/mol. The molecule has 0 saturated heterocycles. The van der Waals surface area contributed by atoms with Gasteiger partial charge in [-0.15, -0.1) is 11.3 Å². The highest BCUT2D eigenvalue weighted by Gasteiger charge is 2.09. The fourth-order valence-electron chi connectivity index (χ4n) is 1.32. The quantitative estimate of drug-likeness (QED) is 0.254. The Balaban J connectivity index is 2.53. The van der Waals surface area contributed by atoms with Crippen LogP contribution in [0.1, 0.15) is 37.6 Å². The zero-order chi connectivity index (χ0) is 12.7. The number of rotatable bonds is 5. The molecule has 1 heterocycles. The third-order valence-electron chi connectivity index (χ3n) is 2.29. The molecule has 0 aromatic carbocycles. The summed E-state index contributed by atoms with van der Waals surface area (Å²) in [5.41, 5.74) is 2.58. The van der Waals surface area contributed by atoms with E-state index in [4.69, 9.17) is 17.4 Å². The van der Waals surface area contributed by atoms with Crippen LogP contribution in [-0.4, -0.2) is 12.5 Å². The molecule has 17 heavy (non-hydrogen) atoms. The van der Waals surface area contributed by atoms with E-state index in [2.05, 4.69) is 29.6 Å². The highest BCUT2D eigenvalue weighted by molar-refractivity contribution is 7.16. The summed E-state index contributed by atoms with van der Waals surface area (Å²) in [6, 6.07) is 4.04. The minimum absolute atomic E-state index is 0.143. The van der Waals surface area contributed by atoms with E-state index < -0.39 is 0 Å². The van der Waals surface area contributed by atoms with Crippen LogP contribution in [0.25, 0.3) is 0 Å². The molecule has 0 spiro atoms. The van der Waals surface area contributed by atoms with Crippen molar-refractivity contribution in [1.29, 1.82) is 0 Å². The van der Waals surface area contributed by atoms with Gasteiger partial charge in [0.2, 0.25) is 5.96 Å². The SMILES string of the molecule is CCCCN=C(NN)NC(C)c1ccc(Cl)s1. The minimum Gasteiger partial charge on any atom is -0.348 e. The van der Waals surface area contributed by atoms with Gasteiger partial charge in [0.1, 0.15) is 0 Å². The monoisotopic (exact) mass is 274 g/mol. The van der Waals surface area contributed by atoms with Crippen molar-refractivity contribution in [3.05, 3.63) is 21.3 Å². The molecule has 1 aromatic rings. The van der Waals surface area contributed by atoms with Gasteiger partial charge in [-0.05, 0) is 25.5 Å². The van der Waals surface area contributed by atoms with Gasteiger partial charge >= 0.3 is 0 Å². The summed E-state index contributed by atoms with van der Waals surface area (Å²) in [6.07, 6.45) is 2.18. The molecule has 4 nitrogen and oxygen atoms in total. The van der Waals surface area contributed by atoms with Gasteiger partial charge in [-0.25, -0.2) is 5.84 Å². The van der Waals surface area contributed by atoms with Gasteiger partial charge in [0.15, 0.2) is 0 Å². The highest BCUT2D eigenvalue weighted by Crippen LogP contribution is 2.26. The zero-order valence-corrected chi connectivity index (χ0v) is 11.7. The molecule has 96 valence electrons. The summed E-state index contributed by atoms with van der Waals surface area (Å²) >= 11 is 7.45. The van der Waals surface area contributed by atoms with Gasteiger partial charge in [0, 0.05) is 11.4 Å². The molecule has 4 N–H and O–H groups in total. The van der Waals surface area contributed by atoms with E-state index in [1.54, 1.807) is 11.3 Å². The molecule has 1 unspecified atom stereocenters. The summed E-state index contributed by atoms with van der Waals surface area (Å²) in [6.45, 7) is 4.96. The van der Waals surface area contributed by atoms with E-state index in [-0.39, 0.29) is 6.04 Å². The average Bonchev–Trinajstić information content (AvgIpc) is 2.74. The van der Waals surface area contributed by atoms with E-state index in [9.17, 15) is 0 Å². The molecule has 0 bridgehead atoms. The van der Waals surface area contributed by atoms with Crippen molar-refractivity contribution in [2.45, 2.75) is 32.7 Å². The number of aliphatic imine (C=N–C) groups is 1. The van der Waals surface area contributed by atoms with Crippen molar-refractivity contribution < 1.29 is 0 Å². The number of guanidine groups is 1. The van der Waals surface area contributed by atoms with Crippen LogP contribution in [0.2, 0.25) is 4.34 Å². The molecule has 0 saturated carbocycles. The van der Waals surface area contributed by atoms with Crippen LogP contribution < -0.4 is 16.6 Å². The van der Waals surface area contributed by atoms with Crippen LogP contribution in [0, 0.1) is 0 Å². The number of thiophene rings is 1. The van der Waals surface area contributed by atoms with Gasteiger partial charge in [-0.1, -0.05) is 24.9 Å². The number of nitrogens with one attached hydrogen (secondary N) is 2. The van der Waals surface area contributed by atoms with E-state index in [0.29, 0.717) is 5.96 Å². The molecular formula is C11H19ClN4S. The normalized spacial score (nSPS) is 13.5. The van der Waals surface area contributed by atoms with Crippen LogP contribution >= 0.6 is 22.9 Å². The first kappa shape index (κ1) is 14.3. The number of nitrogens with zero attached hydrogens (tertiary/aromatic N) is 1. The zero-order valence-electron chi connectivity index (χ0n) is 10.2. The number of hydrogen-bond donors (Lipinski definition) is 3. The third-order valence-corrected chi connectivity index (χ3v) is 3.71. The van der Waals surface area contributed by atoms with Crippen LogP contribution in [0.15, 0.2) is 17.1 Å². The fraction of sp³-hybridized carbons (Fsp3) is 0.545. The second-order valence-electron chi connectivity index (χ2n) is 3.74. The Kier molecular flexibility index (Phi) is 6.32. The molecule has 0 radical (unpaired) electrons. The van der Waals surface area contributed by atoms with Crippen LogP contribution in [-0.2, 0) is 0 Å². The first-order valence-electron chi connectivity index (χ1n) is 5.70. The largest absolute Gasteiger partial charge is 0.348 e. The van der Waals surface area contributed by atoms with Crippen LogP contribution in [0.5, 0.6) is 0 Å². The van der Waals surface area contributed by atoms with Crippen molar-refractivity contribution in [3.63, 3.8) is 0 Å². The lowest BCUT2D eigenvalue weighted by atomic mass is 10.3. The van der Waals surface area contributed by atoms with Crippen molar-refractivity contribution in [2.75, 3.05) is 6.54 Å². The standard InChI is InChI=1S/C11H19ClN4S/c1-3-4-7-14-11(16-13)15-8(2)9-5-6-10(12)17-9/h5-6,8H,3-4,7,13H2,1-2H3,(H2,14,15,16). The maximum atomic E-state index is 5.90. The Labute approximate surface area is 111 Å². The number of hydrogen-bond acceptors (Lipinski definition) is 3. The maximum absolute atomic E-state index is 5.90. The van der Waals surface area contributed by atoms with E-state index in [1.807, 2.05) is 12.1 Å². The smallest absolute Gasteiger partial charge is 0.206 e. The first-order valence-corrected chi connectivity index (χ1v) is 6.89. The van der Waals surface area contributed by atoms with Crippen LogP contribution in [0.3, 0.4) is 0 Å². The number of unbranched alkanes of at least 4 members (excludes halogenated alkanes) is 1. The molecule has 0 fully saturated rings. The van der Waals surface area contributed by atoms with Gasteiger partial charge in [-0.3, -0.25) is 10.4 Å². The van der Waals surface area contributed by atoms with E-state index in [0.717, 1.165) is 28.6 Å². The van der Waals surface area contributed by atoms with Crippen molar-refractivity contribution in [1.82, 2.24) is 10.7 Å². The third kappa shape index (κ3) is 4.93. The molecular weight excluding hydrogens is 256 g/mol. The van der Waals surface area contributed by atoms with Gasteiger partial charge in [-0.2, -0.15) is 0 Å². The first-order chi connectivity index (χ1) is 8.17. The van der Waals surface area contributed by atoms with Crippen molar-refractivity contribution in [3.8, 4) is 0 Å². The Bertz CT molecular complexity index is 364. The topological polar surface area (TPSA) is 62.4 Å². The van der Waals surface area contributed by atoms with E-state index in [1.165, 1.54) is 0 Å². The van der Waals surface area contributed by atoms with Gasteiger partial charge in [0.05, 0.1) is 10.4 Å². The number of halogens is 1. The molecule has 0 aliphatic carbocycles. The molecule has 1 atom stereocenters. The van der Waals surface area contributed by atoms with Crippen molar-refractivity contribution in [2.24, 2.45) is 10.8 Å². The second-order valence-corrected chi connectivity index (χ2v) is 5.48. The van der Waals surface area contributed by atoms with Crippen LogP contribution in [0.4, 0.5) is 0 Å². The molecule has 0 aliphatic rings. The molecule has 0 aliphatic heterocycles. The second kappa shape index (κ2) is 7.53. The van der Waals surface area contributed by atoms with Gasteiger partial charge in [0.25, 0.3) is 0 Å². The molecule has 1 aromatic heterocycles. The fourth-order valence-corrected chi connectivity index (χ4v) is 2.38. The predicted octanol–water partition coefficient (Wildman–Crippen LogP) is 2.67. The lowest BCUT2D eigenvalue weighted by Crippen LogP contribution is -2.42. The summed E-state index contributed by atoms with van der Waals surface area (Å²) < 4.78 is 0.791. The van der Waals surface area contributed by atoms with E-state index >= 15 is 0 Å². The summed E-state index contributed by atoms with van der Waals surface area (Å²) in [7, 11) is 0. The summed E-state index contributed by atoms with van der Waals surface area (Å²) in [5.74, 6) is 6.04. The Hall–Kier alpha value is -0.780. The molecule has 1 rings (SSSR count). The summed E-state index contributed by atoms with van der Waals surface area (Å²) in [5, 5.41) is 3.22. The Morgan fingerprint density at radius 2 is 2.35 bits per heavy atom. The van der Waals surface area contributed by atoms with Gasteiger partial charge < -0.3 is 5.32 Å².